The van der Waals surface area contributed by atoms with E-state index >= 15 is 0 Å². The molecule has 1 N–H and O–H groups in total. The molecule has 0 saturated heterocycles. The van der Waals surface area contributed by atoms with Crippen LogP contribution in [0.5, 0.6) is 0 Å². The van der Waals surface area contributed by atoms with Gasteiger partial charge in [0.1, 0.15) is 0 Å². The van der Waals surface area contributed by atoms with Crippen LogP contribution in [-0.2, 0) is 6.42 Å². The lowest BCUT2D eigenvalue weighted by molar-refractivity contribution is 0.0722. The van der Waals surface area contributed by atoms with E-state index in [9.17, 15) is 4.79 Å². The molecule has 1 amide bonds. The largest absolute Gasteiger partial charge is 0.385 e. The highest BCUT2D eigenvalue weighted by Crippen LogP contribution is 2.30. The van der Waals surface area contributed by atoms with Gasteiger partial charge in [-0.2, -0.15) is 0 Å². The molecule has 2 aliphatic rings. The Hall–Kier alpha value is -1.51. The van der Waals surface area contributed by atoms with E-state index in [1.165, 1.54) is 24.1 Å². The summed E-state index contributed by atoms with van der Waals surface area (Å²) in [5.41, 5.74) is 3.36. The minimum atomic E-state index is 0.217. The predicted octanol–water partition coefficient (Wildman–Crippen LogP) is 3.31. The number of carbonyl (C=O) groups is 1. The molecular formula is C17H24N2O. The van der Waals surface area contributed by atoms with Crippen LogP contribution in [0.3, 0.4) is 0 Å². The van der Waals surface area contributed by atoms with Gasteiger partial charge in [-0.3, -0.25) is 4.79 Å². The maximum atomic E-state index is 12.8. The molecule has 1 heterocycles. The standard InChI is InChI=1S/C17H24N2O/c1-12(2)11-19(15-6-7-15)17(20)14-5-8-16-13(10-14)4-3-9-18-16/h5,8,10,12,15,18H,3-4,6-7,9,11H2,1-2H3. The summed E-state index contributed by atoms with van der Waals surface area (Å²) in [5, 5.41) is 3.40. The lowest BCUT2D eigenvalue weighted by atomic mass is 10.00. The summed E-state index contributed by atoms with van der Waals surface area (Å²) in [6.07, 6.45) is 4.58. The van der Waals surface area contributed by atoms with E-state index in [1.54, 1.807) is 0 Å². The van der Waals surface area contributed by atoms with Crippen LogP contribution in [0.4, 0.5) is 5.69 Å². The van der Waals surface area contributed by atoms with Crippen molar-refractivity contribution in [2.45, 2.75) is 45.6 Å². The number of hydrogen-bond donors (Lipinski definition) is 1. The lowest BCUT2D eigenvalue weighted by Crippen LogP contribution is -2.36. The van der Waals surface area contributed by atoms with Crippen molar-refractivity contribution in [3.63, 3.8) is 0 Å². The molecule has 1 aliphatic carbocycles. The van der Waals surface area contributed by atoms with Crippen LogP contribution in [-0.4, -0.2) is 29.9 Å². The fraction of sp³-hybridized carbons (Fsp3) is 0.588. The van der Waals surface area contributed by atoms with Crippen LogP contribution in [0.15, 0.2) is 18.2 Å². The molecule has 1 aliphatic heterocycles. The van der Waals surface area contributed by atoms with Gasteiger partial charge >= 0.3 is 0 Å². The van der Waals surface area contributed by atoms with Crippen molar-refractivity contribution in [1.82, 2.24) is 4.90 Å². The lowest BCUT2D eigenvalue weighted by Gasteiger charge is -2.25. The monoisotopic (exact) mass is 272 g/mol. The Balaban J connectivity index is 1.81. The zero-order valence-corrected chi connectivity index (χ0v) is 12.5. The highest BCUT2D eigenvalue weighted by atomic mass is 16.2. The minimum Gasteiger partial charge on any atom is -0.385 e. The van der Waals surface area contributed by atoms with Gasteiger partial charge in [-0.25, -0.2) is 0 Å². The first-order chi connectivity index (χ1) is 9.65. The fourth-order valence-electron chi connectivity index (χ4n) is 2.95. The molecule has 3 rings (SSSR count). The SMILES string of the molecule is CC(C)CN(C(=O)c1ccc2c(c1)CCCN2)C1CC1. The zero-order chi connectivity index (χ0) is 14.1. The van der Waals surface area contributed by atoms with Crippen LogP contribution >= 0.6 is 0 Å². The number of nitrogens with one attached hydrogen (secondary N) is 1. The number of benzene rings is 1. The van der Waals surface area contributed by atoms with Crippen LogP contribution in [0, 0.1) is 5.92 Å². The second kappa shape index (κ2) is 5.47. The molecule has 1 fully saturated rings. The number of fused-ring (bicyclic) bond motifs is 1. The first-order valence-corrected chi connectivity index (χ1v) is 7.83. The van der Waals surface area contributed by atoms with E-state index < -0.39 is 0 Å². The van der Waals surface area contributed by atoms with Gasteiger partial charge in [-0.05, 0) is 55.4 Å². The molecular weight excluding hydrogens is 248 g/mol. The molecule has 3 nitrogen and oxygen atoms in total. The zero-order valence-electron chi connectivity index (χ0n) is 12.5. The van der Waals surface area contributed by atoms with E-state index in [1.807, 2.05) is 6.07 Å². The molecule has 20 heavy (non-hydrogen) atoms. The quantitative estimate of drug-likeness (QED) is 0.912. The predicted molar refractivity (Wildman–Crippen MR) is 82.1 cm³/mol. The van der Waals surface area contributed by atoms with Crippen molar-refractivity contribution in [1.29, 1.82) is 0 Å². The molecule has 0 spiro atoms. The molecule has 0 radical (unpaired) electrons. The van der Waals surface area contributed by atoms with Crippen molar-refractivity contribution in [2.24, 2.45) is 5.92 Å². The average molecular weight is 272 g/mol. The Morgan fingerprint density at radius 1 is 1.40 bits per heavy atom. The fourth-order valence-corrected chi connectivity index (χ4v) is 2.95. The Morgan fingerprint density at radius 3 is 2.90 bits per heavy atom. The number of rotatable bonds is 4. The Bertz CT molecular complexity index is 506. The van der Waals surface area contributed by atoms with E-state index in [0.29, 0.717) is 12.0 Å². The van der Waals surface area contributed by atoms with Gasteiger partial charge in [0.15, 0.2) is 0 Å². The topological polar surface area (TPSA) is 32.3 Å². The number of aryl methyl sites for hydroxylation is 1. The summed E-state index contributed by atoms with van der Waals surface area (Å²) >= 11 is 0. The maximum Gasteiger partial charge on any atom is 0.254 e. The van der Waals surface area contributed by atoms with Gasteiger partial charge in [-0.1, -0.05) is 13.8 Å². The molecule has 0 aromatic heterocycles. The van der Waals surface area contributed by atoms with E-state index in [0.717, 1.165) is 31.5 Å². The Morgan fingerprint density at radius 2 is 2.20 bits per heavy atom. The van der Waals surface area contributed by atoms with Crippen LogP contribution in [0.1, 0.15) is 49.0 Å². The van der Waals surface area contributed by atoms with Gasteiger partial charge < -0.3 is 10.2 Å². The number of anilines is 1. The summed E-state index contributed by atoms with van der Waals surface area (Å²) in [6, 6.07) is 6.63. The molecule has 3 heteroatoms. The summed E-state index contributed by atoms with van der Waals surface area (Å²) in [6.45, 7) is 6.28. The van der Waals surface area contributed by atoms with E-state index in [4.69, 9.17) is 0 Å². The molecule has 0 bridgehead atoms. The number of carbonyl (C=O) groups excluding carboxylic acids is 1. The maximum absolute atomic E-state index is 12.8. The normalized spacial score (nSPS) is 17.6. The smallest absolute Gasteiger partial charge is 0.254 e. The Kier molecular flexibility index (Phi) is 3.68. The average Bonchev–Trinajstić information content (AvgIpc) is 3.28. The van der Waals surface area contributed by atoms with Crippen LogP contribution in [0.2, 0.25) is 0 Å². The molecule has 1 aromatic carbocycles. The third-order valence-electron chi connectivity index (χ3n) is 4.10. The van der Waals surface area contributed by atoms with Crippen molar-refractivity contribution < 1.29 is 4.79 Å². The molecule has 0 unspecified atom stereocenters. The summed E-state index contributed by atoms with van der Waals surface area (Å²) < 4.78 is 0. The van der Waals surface area contributed by atoms with Crippen molar-refractivity contribution in [2.75, 3.05) is 18.4 Å². The first kappa shape index (κ1) is 13.5. The minimum absolute atomic E-state index is 0.217. The third kappa shape index (κ3) is 2.82. The summed E-state index contributed by atoms with van der Waals surface area (Å²) in [4.78, 5) is 14.8. The van der Waals surface area contributed by atoms with Gasteiger partial charge in [0.05, 0.1) is 0 Å². The van der Waals surface area contributed by atoms with E-state index in [-0.39, 0.29) is 5.91 Å². The van der Waals surface area contributed by atoms with Gasteiger partial charge in [-0.15, -0.1) is 0 Å². The molecule has 1 aromatic rings. The van der Waals surface area contributed by atoms with Crippen molar-refractivity contribution in [3.05, 3.63) is 29.3 Å². The number of hydrogen-bond acceptors (Lipinski definition) is 2. The number of amides is 1. The molecule has 1 saturated carbocycles. The van der Waals surface area contributed by atoms with Gasteiger partial charge in [0.25, 0.3) is 5.91 Å². The van der Waals surface area contributed by atoms with Crippen molar-refractivity contribution in [3.8, 4) is 0 Å². The Labute approximate surface area is 121 Å². The summed E-state index contributed by atoms with van der Waals surface area (Å²) in [7, 11) is 0. The third-order valence-corrected chi connectivity index (χ3v) is 4.10. The van der Waals surface area contributed by atoms with E-state index in [2.05, 4.69) is 36.2 Å². The van der Waals surface area contributed by atoms with Gasteiger partial charge in [0, 0.05) is 30.4 Å². The highest BCUT2D eigenvalue weighted by Gasteiger charge is 2.33. The molecule has 0 atom stereocenters. The summed E-state index contributed by atoms with van der Waals surface area (Å²) in [5.74, 6) is 0.744. The second-order valence-corrected chi connectivity index (χ2v) is 6.48. The highest BCUT2D eigenvalue weighted by molar-refractivity contribution is 5.95. The van der Waals surface area contributed by atoms with Gasteiger partial charge in [0.2, 0.25) is 0 Å². The number of nitrogens with zero attached hydrogens (tertiary/aromatic N) is 1. The van der Waals surface area contributed by atoms with Crippen LogP contribution < -0.4 is 5.32 Å². The van der Waals surface area contributed by atoms with Crippen LogP contribution in [0.25, 0.3) is 0 Å². The first-order valence-electron chi connectivity index (χ1n) is 7.83. The van der Waals surface area contributed by atoms with Crippen molar-refractivity contribution >= 4 is 11.6 Å². The second-order valence-electron chi connectivity index (χ2n) is 6.48. The molecule has 108 valence electrons.